The molecule has 3 heteroatoms. The average molecular weight is 339 g/mol. The van der Waals surface area contributed by atoms with Crippen LogP contribution in [0.2, 0.25) is 0 Å². The van der Waals surface area contributed by atoms with Gasteiger partial charge in [0.25, 0.3) is 0 Å². The Morgan fingerprint density at radius 3 is 2.55 bits per heavy atom. The summed E-state index contributed by atoms with van der Waals surface area (Å²) >= 11 is 3.55. The zero-order chi connectivity index (χ0) is 14.8. The van der Waals surface area contributed by atoms with Crippen LogP contribution in [0.15, 0.2) is 28.7 Å². The summed E-state index contributed by atoms with van der Waals surface area (Å²) in [5, 5.41) is 0. The lowest BCUT2D eigenvalue weighted by Gasteiger charge is -2.48. The van der Waals surface area contributed by atoms with E-state index in [0.29, 0.717) is 0 Å². The van der Waals surface area contributed by atoms with Gasteiger partial charge >= 0.3 is 0 Å². The van der Waals surface area contributed by atoms with Crippen LogP contribution in [0.25, 0.3) is 0 Å². The van der Waals surface area contributed by atoms with Crippen LogP contribution in [-0.2, 0) is 6.42 Å². The zero-order valence-electron chi connectivity index (χ0n) is 12.9. The monoisotopic (exact) mass is 338 g/mol. The molecule has 2 nitrogen and oxygen atoms in total. The minimum atomic E-state index is 0.162. The molecule has 112 valence electrons. The van der Waals surface area contributed by atoms with Gasteiger partial charge in [-0.15, -0.1) is 0 Å². The number of likely N-dealkylation sites (N-methyl/N-ethyl adjacent to an activating group) is 1. The van der Waals surface area contributed by atoms with Crippen LogP contribution in [0.3, 0.4) is 0 Å². The van der Waals surface area contributed by atoms with Crippen molar-refractivity contribution in [3.63, 3.8) is 0 Å². The molecule has 1 aliphatic carbocycles. The van der Waals surface area contributed by atoms with E-state index in [2.05, 4.69) is 66.1 Å². The van der Waals surface area contributed by atoms with Gasteiger partial charge in [-0.1, -0.05) is 35.0 Å². The molecule has 2 rings (SSSR count). The highest BCUT2D eigenvalue weighted by Crippen LogP contribution is 2.38. The first kappa shape index (κ1) is 16.0. The Hall–Kier alpha value is -0.380. The molecular weight excluding hydrogens is 312 g/mol. The largest absolute Gasteiger partial charge is 0.326 e. The highest BCUT2D eigenvalue weighted by atomic mass is 79.9. The molecule has 0 saturated heterocycles. The van der Waals surface area contributed by atoms with Crippen LogP contribution >= 0.6 is 15.9 Å². The molecule has 1 aromatic carbocycles. The molecule has 0 aliphatic heterocycles. The highest BCUT2D eigenvalue weighted by molar-refractivity contribution is 9.10. The Kier molecular flexibility index (Phi) is 5.27. The molecule has 0 spiro atoms. The third-order valence-electron chi connectivity index (χ3n) is 5.07. The summed E-state index contributed by atoms with van der Waals surface area (Å²) in [6, 6.07) is 8.73. The minimum absolute atomic E-state index is 0.162. The van der Waals surface area contributed by atoms with Crippen molar-refractivity contribution in [3.05, 3.63) is 34.3 Å². The Balaban J connectivity index is 2.13. The number of benzene rings is 1. The molecule has 1 fully saturated rings. The number of nitrogens with zero attached hydrogens (tertiary/aromatic N) is 1. The van der Waals surface area contributed by atoms with Crippen molar-refractivity contribution in [1.82, 2.24) is 4.90 Å². The summed E-state index contributed by atoms with van der Waals surface area (Å²) in [6.45, 7) is 2.36. The van der Waals surface area contributed by atoms with Crippen LogP contribution in [0.5, 0.6) is 0 Å². The predicted molar refractivity (Wildman–Crippen MR) is 89.9 cm³/mol. The van der Waals surface area contributed by atoms with Crippen LogP contribution < -0.4 is 5.73 Å². The number of hydrogen-bond donors (Lipinski definition) is 1. The average Bonchev–Trinajstić information content (AvgIpc) is 2.39. The summed E-state index contributed by atoms with van der Waals surface area (Å²) in [7, 11) is 4.38. The van der Waals surface area contributed by atoms with Crippen molar-refractivity contribution in [3.8, 4) is 0 Å². The molecule has 1 unspecified atom stereocenters. The lowest BCUT2D eigenvalue weighted by molar-refractivity contribution is 0.0568. The smallest absolute Gasteiger partial charge is 0.0357 e. The quantitative estimate of drug-likeness (QED) is 0.903. The van der Waals surface area contributed by atoms with E-state index in [-0.39, 0.29) is 11.6 Å². The van der Waals surface area contributed by atoms with Crippen molar-refractivity contribution in [2.45, 2.75) is 50.6 Å². The van der Waals surface area contributed by atoms with E-state index in [1.807, 2.05) is 0 Å². The van der Waals surface area contributed by atoms with Crippen LogP contribution in [-0.4, -0.2) is 30.6 Å². The van der Waals surface area contributed by atoms with Gasteiger partial charge < -0.3 is 10.6 Å². The van der Waals surface area contributed by atoms with Crippen LogP contribution in [0, 0.1) is 5.92 Å². The molecule has 1 atom stereocenters. The maximum absolute atomic E-state index is 6.65. The van der Waals surface area contributed by atoms with Crippen LogP contribution in [0.1, 0.15) is 38.2 Å². The Morgan fingerprint density at radius 1 is 1.35 bits per heavy atom. The first-order valence-electron chi connectivity index (χ1n) is 7.61. The van der Waals surface area contributed by atoms with E-state index < -0.39 is 0 Å². The van der Waals surface area contributed by atoms with Crippen molar-refractivity contribution in [2.75, 3.05) is 14.1 Å². The van der Waals surface area contributed by atoms with Gasteiger partial charge in [0.1, 0.15) is 0 Å². The number of hydrogen-bond acceptors (Lipinski definition) is 2. The fraction of sp³-hybridized carbons (Fsp3) is 0.647. The van der Waals surface area contributed by atoms with Gasteiger partial charge in [-0.2, -0.15) is 0 Å². The lowest BCUT2D eigenvalue weighted by atomic mass is 9.71. The van der Waals surface area contributed by atoms with Gasteiger partial charge in [-0.3, -0.25) is 0 Å². The molecule has 0 radical (unpaired) electrons. The summed E-state index contributed by atoms with van der Waals surface area (Å²) in [6.07, 6.45) is 5.98. The van der Waals surface area contributed by atoms with Gasteiger partial charge in [0, 0.05) is 16.1 Å². The van der Waals surface area contributed by atoms with E-state index in [1.165, 1.54) is 31.2 Å². The molecule has 1 saturated carbocycles. The van der Waals surface area contributed by atoms with Crippen molar-refractivity contribution < 1.29 is 0 Å². The lowest BCUT2D eigenvalue weighted by Crippen LogP contribution is -2.59. The second-order valence-corrected chi connectivity index (χ2v) is 7.54. The summed E-state index contributed by atoms with van der Waals surface area (Å²) < 4.78 is 1.14. The molecule has 1 aromatic rings. The van der Waals surface area contributed by atoms with Gasteiger partial charge in [-0.25, -0.2) is 0 Å². The summed E-state index contributed by atoms with van der Waals surface area (Å²) in [5.41, 5.74) is 8.14. The topological polar surface area (TPSA) is 29.3 Å². The second-order valence-electron chi connectivity index (χ2n) is 6.62. The first-order valence-corrected chi connectivity index (χ1v) is 8.41. The molecule has 0 aromatic heterocycles. The molecule has 0 bridgehead atoms. The fourth-order valence-corrected chi connectivity index (χ4v) is 3.97. The van der Waals surface area contributed by atoms with Crippen molar-refractivity contribution >= 4 is 15.9 Å². The zero-order valence-corrected chi connectivity index (χ0v) is 14.5. The molecule has 2 N–H and O–H groups in total. The Bertz CT molecular complexity index is 436. The molecule has 20 heavy (non-hydrogen) atoms. The van der Waals surface area contributed by atoms with Gasteiger partial charge in [-0.05, 0) is 69.8 Å². The SMILES string of the molecule is CC1CCC(C(N)Cc2cccc(Br)c2)(N(C)C)CC1. The first-order chi connectivity index (χ1) is 9.44. The summed E-state index contributed by atoms with van der Waals surface area (Å²) in [4.78, 5) is 2.38. The fourth-order valence-electron chi connectivity index (χ4n) is 3.52. The maximum atomic E-state index is 6.65. The van der Waals surface area contributed by atoms with Crippen molar-refractivity contribution in [1.29, 1.82) is 0 Å². The molecule has 1 aliphatic rings. The van der Waals surface area contributed by atoms with Crippen LogP contribution in [0.4, 0.5) is 0 Å². The minimum Gasteiger partial charge on any atom is -0.326 e. The highest BCUT2D eigenvalue weighted by Gasteiger charge is 2.41. The van der Waals surface area contributed by atoms with Gasteiger partial charge in [0.2, 0.25) is 0 Å². The third kappa shape index (κ3) is 3.44. The van der Waals surface area contributed by atoms with Gasteiger partial charge in [0.05, 0.1) is 0 Å². The number of nitrogens with two attached hydrogens (primary N) is 1. The summed E-state index contributed by atoms with van der Waals surface area (Å²) in [5.74, 6) is 0.848. The van der Waals surface area contributed by atoms with E-state index in [9.17, 15) is 0 Å². The normalized spacial score (nSPS) is 28.6. The molecular formula is C17H27BrN2. The van der Waals surface area contributed by atoms with E-state index in [1.54, 1.807) is 0 Å². The molecule has 0 amide bonds. The Labute approximate surface area is 131 Å². The molecule has 0 heterocycles. The maximum Gasteiger partial charge on any atom is 0.0357 e. The van der Waals surface area contributed by atoms with E-state index in [0.717, 1.165) is 16.8 Å². The second kappa shape index (κ2) is 6.59. The Morgan fingerprint density at radius 2 is 2.00 bits per heavy atom. The standard InChI is InChI=1S/C17H27BrN2/c1-13-7-9-17(10-8-13,20(2)3)16(19)12-14-5-4-6-15(18)11-14/h4-6,11,13,16H,7-10,12,19H2,1-3H3. The number of halogens is 1. The number of rotatable bonds is 4. The predicted octanol–water partition coefficient (Wildman–Crippen LogP) is 3.83. The van der Waals surface area contributed by atoms with E-state index in [4.69, 9.17) is 5.73 Å². The van der Waals surface area contributed by atoms with Crippen molar-refractivity contribution in [2.24, 2.45) is 11.7 Å². The third-order valence-corrected chi connectivity index (χ3v) is 5.56. The van der Waals surface area contributed by atoms with Gasteiger partial charge in [0.15, 0.2) is 0 Å². The van der Waals surface area contributed by atoms with E-state index >= 15 is 0 Å².